The molecule has 2 unspecified atom stereocenters. The lowest BCUT2D eigenvalue weighted by Crippen LogP contribution is -2.29. The fourth-order valence-electron chi connectivity index (χ4n) is 4.95. The quantitative estimate of drug-likeness (QED) is 0.453. The van der Waals surface area contributed by atoms with Crippen molar-refractivity contribution in [2.45, 2.75) is 50.5 Å². The minimum atomic E-state index is -2.49. The fourth-order valence-corrected chi connectivity index (χ4v) is 4.95. The summed E-state index contributed by atoms with van der Waals surface area (Å²) in [5, 5.41) is 25.4. The maximum absolute atomic E-state index is 13.4. The molecule has 0 spiro atoms. The van der Waals surface area contributed by atoms with Crippen LogP contribution in [0.25, 0.3) is 11.0 Å². The number of benzene rings is 1. The molecule has 0 bridgehead atoms. The Hall–Kier alpha value is -2.88. The molecule has 9 heteroatoms. The van der Waals surface area contributed by atoms with Crippen LogP contribution < -0.4 is 11.1 Å². The Morgan fingerprint density at radius 3 is 2.81 bits per heavy atom. The summed E-state index contributed by atoms with van der Waals surface area (Å²) in [5.41, 5.74) is 10.0. The fraction of sp³-hybridized carbons (Fsp3) is 0.391. The molecule has 0 amide bonds. The molecule has 2 aromatic heterocycles. The van der Waals surface area contributed by atoms with Gasteiger partial charge in [0.1, 0.15) is 30.0 Å². The van der Waals surface area contributed by atoms with Gasteiger partial charge in [-0.2, -0.15) is 0 Å². The van der Waals surface area contributed by atoms with Crippen molar-refractivity contribution >= 4 is 16.9 Å². The van der Waals surface area contributed by atoms with E-state index in [1.54, 1.807) is 22.9 Å². The van der Waals surface area contributed by atoms with E-state index in [0.29, 0.717) is 49.2 Å². The van der Waals surface area contributed by atoms with Gasteiger partial charge in [-0.15, -0.1) is 0 Å². The van der Waals surface area contributed by atoms with Gasteiger partial charge in [0.05, 0.1) is 11.4 Å². The Kier molecular flexibility index (Phi) is 5.40. The lowest BCUT2D eigenvalue weighted by molar-refractivity contribution is 0.0317. The Bertz CT molecular complexity index is 1190. The van der Waals surface area contributed by atoms with E-state index in [0.717, 1.165) is 22.3 Å². The summed E-state index contributed by atoms with van der Waals surface area (Å²) in [6.45, 7) is 1.25. The highest BCUT2D eigenvalue weighted by atomic mass is 19.3. The maximum atomic E-state index is 13.4. The summed E-state index contributed by atoms with van der Waals surface area (Å²) in [6, 6.07) is 4.60. The minimum Gasteiger partial charge on any atom is -0.388 e. The average Bonchev–Trinajstić information content (AvgIpc) is 3.34. The van der Waals surface area contributed by atoms with Crippen LogP contribution in [0, 0.1) is 0 Å². The first kappa shape index (κ1) is 21.0. The number of aliphatic hydroxyl groups excluding tert-OH is 2. The normalized spacial score (nSPS) is 23.0. The van der Waals surface area contributed by atoms with Gasteiger partial charge in [0.15, 0.2) is 0 Å². The summed E-state index contributed by atoms with van der Waals surface area (Å²) in [5.74, 6) is 0.358. The number of aryl methyl sites for hydroxylation is 1. The first-order chi connectivity index (χ1) is 15.5. The van der Waals surface area contributed by atoms with Crippen LogP contribution in [-0.4, -0.2) is 43.5 Å². The van der Waals surface area contributed by atoms with Gasteiger partial charge in [-0.25, -0.2) is 18.7 Å². The molecule has 168 valence electrons. The van der Waals surface area contributed by atoms with Crippen molar-refractivity contribution in [3.8, 4) is 0 Å². The third-order valence-electron chi connectivity index (χ3n) is 6.64. The number of nitrogen functional groups attached to an aromatic ring is 1. The molecule has 5 rings (SSSR count). The number of fused-ring (bicyclic) bond motifs is 2. The van der Waals surface area contributed by atoms with Crippen LogP contribution in [-0.2, 0) is 19.4 Å². The molecule has 7 nitrogen and oxygen atoms in total. The van der Waals surface area contributed by atoms with Crippen molar-refractivity contribution < 1.29 is 19.0 Å². The highest BCUT2D eigenvalue weighted by Crippen LogP contribution is 2.36. The molecule has 3 atom stereocenters. The standard InChI is InChI=1S/C23H25F2N5O2/c24-21(25)15-4-3-12(17-10-27-7-5-14(15)17)1-2-13-9-18(20(32)19(13)31)30-8-6-16-22(26)28-11-29-23(16)30/h3-4,6,8-9,11,18-21,27,31-32H,1-2,5,7,10H2,(H2,26,28,29)/t18?,19?,20-/m1/s1. The average molecular weight is 441 g/mol. The summed E-state index contributed by atoms with van der Waals surface area (Å²) in [4.78, 5) is 8.26. The maximum Gasteiger partial charge on any atom is 0.264 e. The van der Waals surface area contributed by atoms with Gasteiger partial charge >= 0.3 is 0 Å². The van der Waals surface area contributed by atoms with Crippen molar-refractivity contribution in [2.24, 2.45) is 0 Å². The second kappa shape index (κ2) is 8.23. The molecule has 3 aromatic rings. The first-order valence-electron chi connectivity index (χ1n) is 10.7. The number of alkyl halides is 2. The predicted molar refractivity (Wildman–Crippen MR) is 116 cm³/mol. The number of hydrogen-bond acceptors (Lipinski definition) is 6. The van der Waals surface area contributed by atoms with Crippen LogP contribution >= 0.6 is 0 Å². The molecule has 1 aromatic carbocycles. The number of hydrogen-bond donors (Lipinski definition) is 4. The number of rotatable bonds is 5. The number of halogens is 2. The third kappa shape index (κ3) is 3.46. The second-order valence-electron chi connectivity index (χ2n) is 8.39. The summed E-state index contributed by atoms with van der Waals surface area (Å²) < 4.78 is 28.6. The third-order valence-corrected chi connectivity index (χ3v) is 6.64. The highest BCUT2D eigenvalue weighted by Gasteiger charge is 2.36. The molecule has 32 heavy (non-hydrogen) atoms. The number of aromatic nitrogens is 3. The smallest absolute Gasteiger partial charge is 0.264 e. The van der Waals surface area contributed by atoms with Crippen LogP contribution in [0.1, 0.15) is 41.1 Å². The van der Waals surface area contributed by atoms with E-state index in [9.17, 15) is 19.0 Å². The molecule has 0 radical (unpaired) electrons. The Morgan fingerprint density at radius 1 is 1.16 bits per heavy atom. The monoisotopic (exact) mass is 441 g/mol. The van der Waals surface area contributed by atoms with Gasteiger partial charge in [0.2, 0.25) is 0 Å². The molecule has 3 heterocycles. The Labute approximate surface area is 183 Å². The second-order valence-corrected chi connectivity index (χ2v) is 8.39. The van der Waals surface area contributed by atoms with Crippen LogP contribution in [0.2, 0.25) is 0 Å². The van der Waals surface area contributed by atoms with E-state index in [1.807, 2.05) is 6.08 Å². The summed E-state index contributed by atoms with van der Waals surface area (Å²) >= 11 is 0. The lowest BCUT2D eigenvalue weighted by Gasteiger charge is -2.24. The van der Waals surface area contributed by atoms with Gasteiger partial charge in [-0.3, -0.25) is 0 Å². The van der Waals surface area contributed by atoms with Crippen molar-refractivity contribution in [2.75, 3.05) is 12.3 Å². The number of aliphatic hydroxyl groups is 2. The Balaban J connectivity index is 1.41. The largest absolute Gasteiger partial charge is 0.388 e. The van der Waals surface area contributed by atoms with Gasteiger partial charge in [-0.05, 0) is 54.1 Å². The SMILES string of the molecule is Nc1ncnc2c1ccn2C1C=C(CCc2ccc(C(F)F)c3c2CNCC3)C(O)[C@@H]1O. The minimum absolute atomic E-state index is 0.113. The van der Waals surface area contributed by atoms with E-state index in [2.05, 4.69) is 15.3 Å². The van der Waals surface area contributed by atoms with Crippen LogP contribution in [0.5, 0.6) is 0 Å². The van der Waals surface area contributed by atoms with Gasteiger partial charge in [0, 0.05) is 18.3 Å². The topological polar surface area (TPSA) is 109 Å². The van der Waals surface area contributed by atoms with Crippen molar-refractivity contribution in [1.82, 2.24) is 19.9 Å². The molecule has 1 aliphatic heterocycles. The zero-order valence-corrected chi connectivity index (χ0v) is 17.4. The highest BCUT2D eigenvalue weighted by molar-refractivity contribution is 5.86. The zero-order chi connectivity index (χ0) is 22.4. The van der Waals surface area contributed by atoms with E-state index >= 15 is 0 Å². The molecule has 1 aliphatic carbocycles. The van der Waals surface area contributed by atoms with Crippen LogP contribution in [0.15, 0.2) is 42.4 Å². The number of nitrogens with zero attached hydrogens (tertiary/aromatic N) is 3. The van der Waals surface area contributed by atoms with Gasteiger partial charge < -0.3 is 25.8 Å². The molecular formula is C23H25F2N5O2. The van der Waals surface area contributed by atoms with E-state index in [4.69, 9.17) is 5.73 Å². The van der Waals surface area contributed by atoms with Crippen LogP contribution in [0.4, 0.5) is 14.6 Å². The van der Waals surface area contributed by atoms with Crippen molar-refractivity contribution in [3.63, 3.8) is 0 Å². The van der Waals surface area contributed by atoms with Crippen molar-refractivity contribution in [3.05, 3.63) is 64.6 Å². The van der Waals surface area contributed by atoms with Gasteiger partial charge in [0.25, 0.3) is 6.43 Å². The molecule has 0 saturated heterocycles. The number of nitrogens with two attached hydrogens (primary N) is 1. The van der Waals surface area contributed by atoms with Crippen molar-refractivity contribution in [1.29, 1.82) is 0 Å². The first-order valence-corrected chi connectivity index (χ1v) is 10.7. The van der Waals surface area contributed by atoms with E-state index < -0.39 is 24.7 Å². The molecule has 2 aliphatic rings. The molecular weight excluding hydrogens is 416 g/mol. The summed E-state index contributed by atoms with van der Waals surface area (Å²) in [7, 11) is 0. The number of anilines is 1. The molecule has 5 N–H and O–H groups in total. The van der Waals surface area contributed by atoms with Gasteiger partial charge in [-0.1, -0.05) is 18.2 Å². The zero-order valence-electron chi connectivity index (χ0n) is 17.4. The van der Waals surface area contributed by atoms with E-state index in [1.165, 1.54) is 12.4 Å². The van der Waals surface area contributed by atoms with Crippen LogP contribution in [0.3, 0.4) is 0 Å². The molecule has 0 saturated carbocycles. The predicted octanol–water partition coefficient (Wildman–Crippen LogP) is 2.43. The molecule has 0 fully saturated rings. The van der Waals surface area contributed by atoms with E-state index in [-0.39, 0.29) is 5.56 Å². The lowest BCUT2D eigenvalue weighted by atomic mass is 9.89. The Morgan fingerprint density at radius 2 is 2.00 bits per heavy atom. The number of nitrogens with one attached hydrogen (secondary N) is 1. The summed E-state index contributed by atoms with van der Waals surface area (Å²) in [6.07, 6.45) is 2.20.